The van der Waals surface area contributed by atoms with Gasteiger partial charge in [0.05, 0.1) is 12.7 Å². The molecule has 1 aliphatic heterocycles. The van der Waals surface area contributed by atoms with Crippen LogP contribution in [0.1, 0.15) is 13.8 Å². The normalized spacial score (nSPS) is 28.0. The Morgan fingerprint density at radius 2 is 2.46 bits per heavy atom. The van der Waals surface area contributed by atoms with Crippen molar-refractivity contribution >= 4 is 11.9 Å². The van der Waals surface area contributed by atoms with E-state index in [4.69, 9.17) is 9.47 Å². The van der Waals surface area contributed by atoms with Crippen LogP contribution in [0.15, 0.2) is 0 Å². The van der Waals surface area contributed by atoms with Gasteiger partial charge in [0.25, 0.3) is 0 Å². The molecule has 0 bridgehead atoms. The zero-order valence-electron chi connectivity index (χ0n) is 7.70. The number of hydrogen-bond donors (Lipinski definition) is 1. The molecule has 13 heavy (non-hydrogen) atoms. The SMILES string of the molecule is CCOC(=O)C1NC(=O)COC1C. The van der Waals surface area contributed by atoms with Gasteiger partial charge in [0.15, 0.2) is 6.04 Å². The third-order valence-electron chi connectivity index (χ3n) is 1.80. The average Bonchev–Trinajstić information content (AvgIpc) is 2.09. The second-order valence-corrected chi connectivity index (χ2v) is 2.81. The molecule has 1 rings (SSSR count). The quantitative estimate of drug-likeness (QED) is 0.589. The molecule has 0 saturated carbocycles. The third-order valence-corrected chi connectivity index (χ3v) is 1.80. The van der Waals surface area contributed by atoms with Crippen LogP contribution < -0.4 is 5.32 Å². The zero-order chi connectivity index (χ0) is 9.84. The Morgan fingerprint density at radius 3 is 3.08 bits per heavy atom. The number of rotatable bonds is 2. The van der Waals surface area contributed by atoms with E-state index in [0.717, 1.165) is 0 Å². The Balaban J connectivity index is 2.54. The smallest absolute Gasteiger partial charge is 0.331 e. The van der Waals surface area contributed by atoms with Crippen molar-refractivity contribution in [2.45, 2.75) is 26.0 Å². The standard InChI is InChI=1S/C8H13NO4/c1-3-12-8(11)7-5(2)13-4-6(10)9-7/h5,7H,3-4H2,1-2H3,(H,9,10). The summed E-state index contributed by atoms with van der Waals surface area (Å²) >= 11 is 0. The van der Waals surface area contributed by atoms with E-state index in [9.17, 15) is 9.59 Å². The molecule has 0 aromatic rings. The van der Waals surface area contributed by atoms with Crippen LogP contribution in [0.3, 0.4) is 0 Å². The largest absolute Gasteiger partial charge is 0.464 e. The van der Waals surface area contributed by atoms with Gasteiger partial charge in [0, 0.05) is 0 Å². The van der Waals surface area contributed by atoms with Crippen molar-refractivity contribution < 1.29 is 19.1 Å². The van der Waals surface area contributed by atoms with Crippen LogP contribution in [0.25, 0.3) is 0 Å². The van der Waals surface area contributed by atoms with Gasteiger partial charge >= 0.3 is 5.97 Å². The van der Waals surface area contributed by atoms with Crippen molar-refractivity contribution in [3.05, 3.63) is 0 Å². The lowest BCUT2D eigenvalue weighted by Crippen LogP contribution is -2.55. The molecule has 0 spiro atoms. The van der Waals surface area contributed by atoms with Gasteiger partial charge in [-0.15, -0.1) is 0 Å². The summed E-state index contributed by atoms with van der Waals surface area (Å²) in [4.78, 5) is 22.1. The number of amides is 1. The summed E-state index contributed by atoms with van der Waals surface area (Å²) < 4.78 is 9.82. The lowest BCUT2D eigenvalue weighted by molar-refractivity contribution is -0.157. The van der Waals surface area contributed by atoms with Crippen molar-refractivity contribution in [3.8, 4) is 0 Å². The predicted molar refractivity (Wildman–Crippen MR) is 44.0 cm³/mol. The van der Waals surface area contributed by atoms with E-state index in [0.29, 0.717) is 6.61 Å². The molecule has 5 nitrogen and oxygen atoms in total. The Labute approximate surface area is 76.4 Å². The maximum atomic E-state index is 11.2. The zero-order valence-corrected chi connectivity index (χ0v) is 7.70. The monoisotopic (exact) mass is 187 g/mol. The van der Waals surface area contributed by atoms with Gasteiger partial charge in [-0.1, -0.05) is 0 Å². The summed E-state index contributed by atoms with van der Waals surface area (Å²) in [7, 11) is 0. The molecule has 2 atom stereocenters. The van der Waals surface area contributed by atoms with E-state index in [1.807, 2.05) is 0 Å². The second kappa shape index (κ2) is 4.23. The summed E-state index contributed by atoms with van der Waals surface area (Å²) in [5.74, 6) is -0.723. The molecule has 1 aliphatic rings. The van der Waals surface area contributed by atoms with E-state index in [1.54, 1.807) is 13.8 Å². The Kier molecular flexibility index (Phi) is 3.25. The van der Waals surface area contributed by atoms with Gasteiger partial charge in [-0.05, 0) is 13.8 Å². The highest BCUT2D eigenvalue weighted by atomic mass is 16.5. The number of esters is 1. The molecule has 1 N–H and O–H groups in total. The Morgan fingerprint density at radius 1 is 1.77 bits per heavy atom. The molecular weight excluding hydrogens is 174 g/mol. The summed E-state index contributed by atoms with van der Waals surface area (Å²) in [6.45, 7) is 3.75. The molecule has 1 fully saturated rings. The minimum Gasteiger partial charge on any atom is -0.464 e. The van der Waals surface area contributed by atoms with Gasteiger partial charge in [-0.3, -0.25) is 4.79 Å². The Hall–Kier alpha value is -1.10. The summed E-state index contributed by atoms with van der Waals surface area (Å²) in [6, 6.07) is -0.666. The highest BCUT2D eigenvalue weighted by molar-refractivity contribution is 5.86. The number of carbonyl (C=O) groups excluding carboxylic acids is 2. The summed E-state index contributed by atoms with van der Waals surface area (Å²) in [5, 5.41) is 2.51. The number of hydrogen-bond acceptors (Lipinski definition) is 4. The highest BCUT2D eigenvalue weighted by Crippen LogP contribution is 2.06. The van der Waals surface area contributed by atoms with Crippen LogP contribution >= 0.6 is 0 Å². The number of morpholine rings is 1. The second-order valence-electron chi connectivity index (χ2n) is 2.81. The highest BCUT2D eigenvalue weighted by Gasteiger charge is 2.32. The minimum atomic E-state index is -0.666. The first-order chi connectivity index (χ1) is 6.15. The molecule has 0 aromatic carbocycles. The van der Waals surface area contributed by atoms with Crippen molar-refractivity contribution in [3.63, 3.8) is 0 Å². The number of nitrogens with one attached hydrogen (secondary N) is 1. The van der Waals surface area contributed by atoms with Crippen LogP contribution in [0.5, 0.6) is 0 Å². The fourth-order valence-electron chi connectivity index (χ4n) is 1.12. The molecule has 1 saturated heterocycles. The van der Waals surface area contributed by atoms with E-state index in [-0.39, 0.29) is 18.6 Å². The molecule has 74 valence electrons. The van der Waals surface area contributed by atoms with E-state index >= 15 is 0 Å². The van der Waals surface area contributed by atoms with Gasteiger partial charge in [-0.2, -0.15) is 0 Å². The van der Waals surface area contributed by atoms with Gasteiger partial charge in [0.1, 0.15) is 6.61 Å². The summed E-state index contributed by atoms with van der Waals surface area (Å²) in [5.41, 5.74) is 0. The van der Waals surface area contributed by atoms with Crippen molar-refractivity contribution in [1.82, 2.24) is 5.32 Å². The lowest BCUT2D eigenvalue weighted by Gasteiger charge is -2.27. The van der Waals surface area contributed by atoms with Crippen LogP contribution in [0.4, 0.5) is 0 Å². The van der Waals surface area contributed by atoms with Gasteiger partial charge in [-0.25, -0.2) is 4.79 Å². The van der Waals surface area contributed by atoms with Crippen LogP contribution in [0.2, 0.25) is 0 Å². The van der Waals surface area contributed by atoms with Crippen molar-refractivity contribution in [2.24, 2.45) is 0 Å². The first-order valence-corrected chi connectivity index (χ1v) is 4.22. The van der Waals surface area contributed by atoms with E-state index in [2.05, 4.69) is 5.32 Å². The summed E-state index contributed by atoms with van der Waals surface area (Å²) in [6.07, 6.45) is -0.322. The molecule has 2 unspecified atom stereocenters. The van der Waals surface area contributed by atoms with Crippen molar-refractivity contribution in [1.29, 1.82) is 0 Å². The first-order valence-electron chi connectivity index (χ1n) is 4.22. The van der Waals surface area contributed by atoms with Crippen molar-refractivity contribution in [2.75, 3.05) is 13.2 Å². The lowest BCUT2D eigenvalue weighted by atomic mass is 10.1. The fourth-order valence-corrected chi connectivity index (χ4v) is 1.12. The predicted octanol–water partition coefficient (Wildman–Crippen LogP) is -0.547. The molecular formula is C8H13NO4. The molecule has 1 heterocycles. The van der Waals surface area contributed by atoms with Crippen LogP contribution in [-0.2, 0) is 19.1 Å². The molecule has 5 heteroatoms. The number of carbonyl (C=O) groups is 2. The maximum Gasteiger partial charge on any atom is 0.331 e. The molecule has 0 aromatic heterocycles. The maximum absolute atomic E-state index is 11.2. The van der Waals surface area contributed by atoms with Gasteiger partial charge < -0.3 is 14.8 Å². The average molecular weight is 187 g/mol. The fraction of sp³-hybridized carbons (Fsp3) is 0.750. The minimum absolute atomic E-state index is 0.0110. The third kappa shape index (κ3) is 2.42. The molecule has 1 amide bonds. The van der Waals surface area contributed by atoms with Gasteiger partial charge in [0.2, 0.25) is 5.91 Å². The first kappa shape index (κ1) is 9.98. The molecule has 0 radical (unpaired) electrons. The Bertz CT molecular complexity index is 216. The molecule has 0 aliphatic carbocycles. The number of ether oxygens (including phenoxy) is 2. The van der Waals surface area contributed by atoms with E-state index in [1.165, 1.54) is 0 Å². The topological polar surface area (TPSA) is 64.6 Å². The van der Waals surface area contributed by atoms with Crippen LogP contribution in [0, 0.1) is 0 Å². The van der Waals surface area contributed by atoms with Crippen LogP contribution in [-0.4, -0.2) is 37.2 Å². The van der Waals surface area contributed by atoms with E-state index < -0.39 is 12.0 Å².